The summed E-state index contributed by atoms with van der Waals surface area (Å²) in [6.45, 7) is 0.864. The van der Waals surface area contributed by atoms with Crippen molar-refractivity contribution < 1.29 is 4.79 Å². The van der Waals surface area contributed by atoms with E-state index in [0.717, 1.165) is 27.7 Å². The Bertz CT molecular complexity index is 1470. The van der Waals surface area contributed by atoms with Crippen molar-refractivity contribution in [3.63, 3.8) is 0 Å². The highest BCUT2D eigenvalue weighted by Crippen LogP contribution is 2.26. The number of imidazole rings is 1. The molecule has 166 valence electrons. The Labute approximate surface area is 198 Å². The fourth-order valence-corrected chi connectivity index (χ4v) is 4.17. The molecule has 0 bridgehead atoms. The second kappa shape index (κ2) is 8.73. The van der Waals surface area contributed by atoms with Gasteiger partial charge in [0.15, 0.2) is 11.5 Å². The van der Waals surface area contributed by atoms with Crippen LogP contribution in [0.3, 0.4) is 0 Å². The Hall–Kier alpha value is -3.62. The molecular formula is C23H19Cl2N7O. The van der Waals surface area contributed by atoms with Crippen molar-refractivity contribution in [1.82, 2.24) is 29.8 Å². The van der Waals surface area contributed by atoms with Crippen molar-refractivity contribution in [3.05, 3.63) is 82.0 Å². The number of nitrogens with two attached hydrogens (primary N) is 1. The zero-order valence-electron chi connectivity index (χ0n) is 17.3. The number of hydrogen-bond donors (Lipinski definition) is 3. The second-order valence-electron chi connectivity index (χ2n) is 7.71. The molecule has 1 amide bonds. The van der Waals surface area contributed by atoms with E-state index in [1.54, 1.807) is 18.5 Å². The Morgan fingerprint density at radius 1 is 1.06 bits per heavy atom. The number of benzene rings is 2. The van der Waals surface area contributed by atoms with Crippen molar-refractivity contribution in [2.45, 2.75) is 19.5 Å². The van der Waals surface area contributed by atoms with E-state index in [1.807, 2.05) is 34.9 Å². The van der Waals surface area contributed by atoms with Crippen LogP contribution in [-0.2, 0) is 24.3 Å². The van der Waals surface area contributed by atoms with Crippen LogP contribution in [0.5, 0.6) is 0 Å². The molecular weight excluding hydrogens is 461 g/mol. The maximum atomic E-state index is 12.4. The third-order valence-electron chi connectivity index (χ3n) is 5.35. The predicted molar refractivity (Wildman–Crippen MR) is 129 cm³/mol. The molecule has 3 heterocycles. The zero-order chi connectivity index (χ0) is 22.9. The molecule has 3 aromatic heterocycles. The summed E-state index contributed by atoms with van der Waals surface area (Å²) in [4.78, 5) is 28.4. The number of fused-ring (bicyclic) bond motifs is 2. The fourth-order valence-electron chi connectivity index (χ4n) is 3.80. The van der Waals surface area contributed by atoms with Crippen LogP contribution in [-0.4, -0.2) is 30.4 Å². The highest BCUT2D eigenvalue weighted by atomic mass is 35.5. The maximum Gasteiger partial charge on any atom is 0.224 e. The van der Waals surface area contributed by atoms with Crippen molar-refractivity contribution in [2.24, 2.45) is 0 Å². The van der Waals surface area contributed by atoms with E-state index in [0.29, 0.717) is 40.1 Å². The molecule has 0 fully saturated rings. The lowest BCUT2D eigenvalue weighted by atomic mass is 10.1. The molecule has 8 nitrogen and oxygen atoms in total. The van der Waals surface area contributed by atoms with E-state index >= 15 is 0 Å². The maximum absolute atomic E-state index is 12.4. The lowest BCUT2D eigenvalue weighted by Gasteiger charge is -2.07. The Kier molecular flexibility index (Phi) is 5.62. The second-order valence-corrected chi connectivity index (χ2v) is 8.58. The van der Waals surface area contributed by atoms with Gasteiger partial charge in [0.05, 0.1) is 31.4 Å². The molecule has 0 aliphatic heterocycles. The zero-order valence-corrected chi connectivity index (χ0v) is 18.9. The molecule has 0 atom stereocenters. The van der Waals surface area contributed by atoms with Crippen LogP contribution in [0.15, 0.2) is 55.1 Å². The van der Waals surface area contributed by atoms with Crippen molar-refractivity contribution >= 4 is 57.0 Å². The highest BCUT2D eigenvalue weighted by molar-refractivity contribution is 6.31. The summed E-state index contributed by atoms with van der Waals surface area (Å²) in [5.74, 6) is 0.267. The van der Waals surface area contributed by atoms with E-state index in [9.17, 15) is 4.79 Å². The van der Waals surface area contributed by atoms with Gasteiger partial charge in [0, 0.05) is 21.1 Å². The number of anilines is 1. The minimum absolute atomic E-state index is 0.0728. The Balaban J connectivity index is 1.35. The number of aromatic amines is 1. The summed E-state index contributed by atoms with van der Waals surface area (Å²) in [5.41, 5.74) is 10.8. The minimum atomic E-state index is -0.0728. The van der Waals surface area contributed by atoms with Gasteiger partial charge >= 0.3 is 0 Å². The van der Waals surface area contributed by atoms with Gasteiger partial charge in [0.25, 0.3) is 0 Å². The Morgan fingerprint density at radius 2 is 1.88 bits per heavy atom. The number of nitrogens with zero attached hydrogens (tertiary/aromatic N) is 4. The van der Waals surface area contributed by atoms with Gasteiger partial charge in [-0.15, -0.1) is 0 Å². The molecule has 4 N–H and O–H groups in total. The standard InChI is InChI=1S/C23H19Cl2N7O/c24-16-3-1-13(2-4-16)5-19(33)27-9-18-8-14-6-17(25)7-15(20(14)31-18)10-32-12-30-21-22(26)28-11-29-23(21)32/h1-4,6-8,11-12,31H,5,9-10H2,(H,27,33)(H2,26,28,29). The number of hydrogen-bond acceptors (Lipinski definition) is 5. The van der Waals surface area contributed by atoms with Crippen molar-refractivity contribution in [3.8, 4) is 0 Å². The van der Waals surface area contributed by atoms with Gasteiger partial charge in [-0.2, -0.15) is 0 Å². The van der Waals surface area contributed by atoms with Crippen molar-refractivity contribution in [1.29, 1.82) is 0 Å². The molecule has 33 heavy (non-hydrogen) atoms. The summed E-state index contributed by atoms with van der Waals surface area (Å²) < 4.78 is 1.90. The average Bonchev–Trinajstić information content (AvgIpc) is 3.39. The van der Waals surface area contributed by atoms with E-state index in [1.165, 1.54) is 6.33 Å². The normalized spacial score (nSPS) is 11.3. The van der Waals surface area contributed by atoms with Gasteiger partial charge in [0.2, 0.25) is 5.91 Å². The number of amides is 1. The highest BCUT2D eigenvalue weighted by Gasteiger charge is 2.13. The number of aromatic nitrogens is 5. The monoisotopic (exact) mass is 479 g/mol. The molecule has 0 radical (unpaired) electrons. The molecule has 0 spiro atoms. The molecule has 0 aliphatic rings. The minimum Gasteiger partial charge on any atom is -0.382 e. The summed E-state index contributed by atoms with van der Waals surface area (Å²) >= 11 is 12.3. The summed E-state index contributed by atoms with van der Waals surface area (Å²) in [7, 11) is 0. The number of halogens is 2. The number of nitrogen functional groups attached to an aromatic ring is 1. The topological polar surface area (TPSA) is 115 Å². The summed E-state index contributed by atoms with van der Waals surface area (Å²) in [6, 6.07) is 13.0. The lowest BCUT2D eigenvalue weighted by molar-refractivity contribution is -0.120. The molecule has 2 aromatic carbocycles. The van der Waals surface area contributed by atoms with Crippen LogP contribution in [0.1, 0.15) is 16.8 Å². The van der Waals surface area contributed by atoms with E-state index < -0.39 is 0 Å². The van der Waals surface area contributed by atoms with Crippen LogP contribution in [0, 0.1) is 0 Å². The Morgan fingerprint density at radius 3 is 2.70 bits per heavy atom. The van der Waals surface area contributed by atoms with Gasteiger partial charge in [-0.05, 0) is 41.5 Å². The SMILES string of the molecule is Nc1ncnc2c1ncn2Cc1cc(Cl)cc2cc(CNC(=O)Cc3ccc(Cl)cc3)[nH]c12. The van der Waals surface area contributed by atoms with E-state index in [-0.39, 0.29) is 12.3 Å². The third kappa shape index (κ3) is 4.48. The van der Waals surface area contributed by atoms with Gasteiger partial charge in [0.1, 0.15) is 11.8 Å². The molecule has 0 saturated carbocycles. The predicted octanol–water partition coefficient (Wildman–Crippen LogP) is 4.10. The van der Waals surface area contributed by atoms with E-state index in [2.05, 4.69) is 25.3 Å². The number of carbonyl (C=O) groups excluding carboxylic acids is 1. The van der Waals surface area contributed by atoms with Crippen LogP contribution in [0.4, 0.5) is 5.82 Å². The largest absolute Gasteiger partial charge is 0.382 e. The first kappa shape index (κ1) is 21.2. The molecule has 5 rings (SSSR count). The fraction of sp³-hybridized carbons (Fsp3) is 0.130. The summed E-state index contributed by atoms with van der Waals surface area (Å²) in [5, 5.41) is 5.17. The molecule has 10 heteroatoms. The van der Waals surface area contributed by atoms with Crippen LogP contribution in [0.2, 0.25) is 10.0 Å². The number of carbonyl (C=O) groups is 1. The van der Waals surface area contributed by atoms with Gasteiger partial charge in [-0.3, -0.25) is 4.79 Å². The van der Waals surface area contributed by atoms with Gasteiger partial charge in [-0.25, -0.2) is 15.0 Å². The molecule has 0 unspecified atom stereocenters. The first-order valence-corrected chi connectivity index (χ1v) is 10.9. The average molecular weight is 480 g/mol. The van der Waals surface area contributed by atoms with Gasteiger partial charge in [-0.1, -0.05) is 35.3 Å². The smallest absolute Gasteiger partial charge is 0.224 e. The third-order valence-corrected chi connectivity index (χ3v) is 5.82. The number of rotatable bonds is 6. The number of H-pyrrole nitrogens is 1. The van der Waals surface area contributed by atoms with E-state index in [4.69, 9.17) is 28.9 Å². The summed E-state index contributed by atoms with van der Waals surface area (Å²) in [6.07, 6.45) is 3.39. The van der Waals surface area contributed by atoms with Crippen LogP contribution < -0.4 is 11.1 Å². The first-order chi connectivity index (χ1) is 16.0. The molecule has 0 saturated heterocycles. The quantitative estimate of drug-likeness (QED) is 0.339. The molecule has 5 aromatic rings. The van der Waals surface area contributed by atoms with Crippen LogP contribution in [0.25, 0.3) is 22.1 Å². The molecule has 0 aliphatic carbocycles. The first-order valence-electron chi connectivity index (χ1n) is 10.2. The van der Waals surface area contributed by atoms with Crippen LogP contribution >= 0.6 is 23.2 Å². The van der Waals surface area contributed by atoms with Crippen molar-refractivity contribution in [2.75, 3.05) is 5.73 Å². The number of nitrogens with one attached hydrogen (secondary N) is 2. The van der Waals surface area contributed by atoms with Gasteiger partial charge < -0.3 is 20.6 Å². The lowest BCUT2D eigenvalue weighted by Crippen LogP contribution is -2.24.